The summed E-state index contributed by atoms with van der Waals surface area (Å²) in [6, 6.07) is 1.30. The molecule has 0 bridgehead atoms. The van der Waals surface area contributed by atoms with E-state index in [9.17, 15) is 4.79 Å². The fourth-order valence-electron chi connectivity index (χ4n) is 2.48. The lowest BCUT2D eigenvalue weighted by Gasteiger charge is -2.45. The summed E-state index contributed by atoms with van der Waals surface area (Å²) < 4.78 is 4.82. The fraction of sp³-hybridized carbons (Fsp3) is 0.923. The predicted octanol–water partition coefficient (Wildman–Crippen LogP) is 1.21. The SMILES string of the molecule is COC(=O)C(C)C(C)N1CC(C)N(C)C(C)C1. The molecule has 0 aromatic carbocycles. The number of methoxy groups -OCH3 is 1. The molecule has 100 valence electrons. The molecule has 1 aliphatic rings. The first-order valence-electron chi connectivity index (χ1n) is 6.42. The molecule has 17 heavy (non-hydrogen) atoms. The molecule has 1 saturated heterocycles. The lowest BCUT2D eigenvalue weighted by atomic mass is 9.99. The van der Waals surface area contributed by atoms with Crippen LogP contribution in [-0.2, 0) is 9.53 Å². The first kappa shape index (κ1) is 14.5. The van der Waals surface area contributed by atoms with E-state index in [0.717, 1.165) is 13.1 Å². The number of nitrogens with zero attached hydrogens (tertiary/aromatic N) is 2. The molecule has 0 spiro atoms. The highest BCUT2D eigenvalue weighted by atomic mass is 16.5. The second-order valence-electron chi connectivity index (χ2n) is 5.37. The van der Waals surface area contributed by atoms with Crippen molar-refractivity contribution >= 4 is 5.97 Å². The molecule has 1 rings (SSSR count). The first-order chi connectivity index (χ1) is 7.88. The maximum Gasteiger partial charge on any atom is 0.309 e. The second-order valence-corrected chi connectivity index (χ2v) is 5.37. The molecule has 0 aliphatic carbocycles. The molecular weight excluding hydrogens is 216 g/mol. The molecule has 0 aromatic rings. The summed E-state index contributed by atoms with van der Waals surface area (Å²) in [7, 11) is 3.63. The predicted molar refractivity (Wildman–Crippen MR) is 68.9 cm³/mol. The Kier molecular flexibility index (Phi) is 4.95. The molecule has 4 atom stereocenters. The number of likely N-dealkylation sites (N-methyl/N-ethyl adjacent to an activating group) is 1. The van der Waals surface area contributed by atoms with Crippen molar-refractivity contribution in [1.29, 1.82) is 0 Å². The number of esters is 1. The monoisotopic (exact) mass is 242 g/mol. The molecule has 4 unspecified atom stereocenters. The highest BCUT2D eigenvalue weighted by Gasteiger charge is 2.33. The summed E-state index contributed by atoms with van der Waals surface area (Å²) in [6.45, 7) is 10.6. The van der Waals surface area contributed by atoms with Gasteiger partial charge in [-0.25, -0.2) is 0 Å². The average Bonchev–Trinajstić information content (AvgIpc) is 2.32. The van der Waals surface area contributed by atoms with E-state index < -0.39 is 0 Å². The Labute approximate surface area is 105 Å². The van der Waals surface area contributed by atoms with Crippen molar-refractivity contribution in [2.24, 2.45) is 5.92 Å². The van der Waals surface area contributed by atoms with Crippen molar-refractivity contribution in [2.45, 2.75) is 45.8 Å². The topological polar surface area (TPSA) is 32.8 Å². The maximum atomic E-state index is 11.6. The van der Waals surface area contributed by atoms with Crippen LogP contribution in [0.5, 0.6) is 0 Å². The molecule has 0 radical (unpaired) electrons. The van der Waals surface area contributed by atoms with Crippen molar-refractivity contribution in [2.75, 3.05) is 27.2 Å². The minimum absolute atomic E-state index is 0.0668. The third kappa shape index (κ3) is 3.19. The van der Waals surface area contributed by atoms with Crippen LogP contribution in [0.25, 0.3) is 0 Å². The largest absolute Gasteiger partial charge is 0.469 e. The van der Waals surface area contributed by atoms with Gasteiger partial charge in [-0.15, -0.1) is 0 Å². The highest BCUT2D eigenvalue weighted by molar-refractivity contribution is 5.72. The highest BCUT2D eigenvalue weighted by Crippen LogP contribution is 2.20. The molecular formula is C13H26N2O2. The summed E-state index contributed by atoms with van der Waals surface area (Å²) in [6.07, 6.45) is 0. The zero-order valence-corrected chi connectivity index (χ0v) is 11.9. The number of hydrogen-bond acceptors (Lipinski definition) is 4. The third-order valence-electron chi connectivity index (χ3n) is 4.26. The zero-order valence-electron chi connectivity index (χ0n) is 11.9. The standard InChI is InChI=1S/C13H26N2O2/c1-9-7-15(8-10(2)14(9)5)12(4)11(3)13(16)17-6/h9-12H,7-8H2,1-6H3. The Hall–Kier alpha value is -0.610. The molecule has 0 aromatic heterocycles. The molecule has 0 N–H and O–H groups in total. The molecule has 1 aliphatic heterocycles. The van der Waals surface area contributed by atoms with Gasteiger partial charge in [-0.05, 0) is 27.8 Å². The fourth-order valence-corrected chi connectivity index (χ4v) is 2.48. The van der Waals surface area contributed by atoms with Crippen LogP contribution in [0, 0.1) is 5.92 Å². The minimum atomic E-state index is -0.114. The number of hydrogen-bond donors (Lipinski definition) is 0. The maximum absolute atomic E-state index is 11.6. The van der Waals surface area contributed by atoms with Crippen molar-refractivity contribution in [3.8, 4) is 0 Å². The van der Waals surface area contributed by atoms with Crippen molar-refractivity contribution in [3.63, 3.8) is 0 Å². The van der Waals surface area contributed by atoms with E-state index in [1.807, 2.05) is 6.92 Å². The quantitative estimate of drug-likeness (QED) is 0.696. The van der Waals surface area contributed by atoms with Gasteiger partial charge in [0.15, 0.2) is 0 Å². The number of carbonyl (C=O) groups is 1. The van der Waals surface area contributed by atoms with Crippen LogP contribution in [0.15, 0.2) is 0 Å². The van der Waals surface area contributed by atoms with Gasteiger partial charge in [0.1, 0.15) is 0 Å². The van der Waals surface area contributed by atoms with E-state index in [1.165, 1.54) is 7.11 Å². The number of ether oxygens (including phenoxy) is 1. The summed E-state index contributed by atoms with van der Waals surface area (Å²) in [5, 5.41) is 0. The van der Waals surface area contributed by atoms with E-state index in [4.69, 9.17) is 4.74 Å². The van der Waals surface area contributed by atoms with Crippen molar-refractivity contribution in [3.05, 3.63) is 0 Å². The summed E-state index contributed by atoms with van der Waals surface area (Å²) >= 11 is 0. The zero-order chi connectivity index (χ0) is 13.2. The van der Waals surface area contributed by atoms with Gasteiger partial charge in [0.05, 0.1) is 13.0 Å². The minimum Gasteiger partial charge on any atom is -0.469 e. The van der Waals surface area contributed by atoms with Crippen molar-refractivity contribution in [1.82, 2.24) is 9.80 Å². The van der Waals surface area contributed by atoms with Gasteiger partial charge in [-0.1, -0.05) is 6.92 Å². The summed E-state index contributed by atoms with van der Waals surface area (Å²) in [4.78, 5) is 16.4. The van der Waals surface area contributed by atoms with Gasteiger partial charge in [0.25, 0.3) is 0 Å². The van der Waals surface area contributed by atoms with E-state index in [0.29, 0.717) is 12.1 Å². The Morgan fingerprint density at radius 3 is 2.12 bits per heavy atom. The normalized spacial score (nSPS) is 30.9. The number of rotatable bonds is 3. The van der Waals surface area contributed by atoms with Crippen LogP contribution in [0.1, 0.15) is 27.7 Å². The average molecular weight is 242 g/mol. The van der Waals surface area contributed by atoms with Crippen LogP contribution in [-0.4, -0.2) is 61.1 Å². The molecule has 4 heteroatoms. The summed E-state index contributed by atoms with van der Waals surface area (Å²) in [5.41, 5.74) is 0. The second kappa shape index (κ2) is 5.83. The summed E-state index contributed by atoms with van der Waals surface area (Å²) in [5.74, 6) is -0.181. The van der Waals surface area contributed by atoms with Crippen LogP contribution >= 0.6 is 0 Å². The Morgan fingerprint density at radius 2 is 1.71 bits per heavy atom. The molecule has 1 fully saturated rings. The van der Waals surface area contributed by atoms with Gasteiger partial charge in [0.2, 0.25) is 0 Å². The smallest absolute Gasteiger partial charge is 0.309 e. The van der Waals surface area contributed by atoms with Gasteiger partial charge in [-0.2, -0.15) is 0 Å². The third-order valence-corrected chi connectivity index (χ3v) is 4.26. The molecule has 4 nitrogen and oxygen atoms in total. The Balaban J connectivity index is 2.64. The Bertz CT molecular complexity index is 258. The lowest BCUT2D eigenvalue weighted by molar-refractivity contribution is -0.147. The van der Waals surface area contributed by atoms with E-state index in [2.05, 4.69) is 37.6 Å². The molecule has 0 amide bonds. The van der Waals surface area contributed by atoms with Gasteiger partial charge >= 0.3 is 5.97 Å². The van der Waals surface area contributed by atoms with Crippen LogP contribution in [0.2, 0.25) is 0 Å². The van der Waals surface area contributed by atoms with Crippen LogP contribution in [0.3, 0.4) is 0 Å². The van der Waals surface area contributed by atoms with E-state index >= 15 is 0 Å². The van der Waals surface area contributed by atoms with Crippen molar-refractivity contribution < 1.29 is 9.53 Å². The van der Waals surface area contributed by atoms with E-state index in [1.54, 1.807) is 0 Å². The number of piperazine rings is 1. The Morgan fingerprint density at radius 1 is 1.24 bits per heavy atom. The first-order valence-corrected chi connectivity index (χ1v) is 6.42. The number of carbonyl (C=O) groups excluding carboxylic acids is 1. The van der Waals surface area contributed by atoms with Crippen LogP contribution in [0.4, 0.5) is 0 Å². The molecule has 1 heterocycles. The molecule has 0 saturated carbocycles. The lowest BCUT2D eigenvalue weighted by Crippen LogP contribution is -2.58. The van der Waals surface area contributed by atoms with Gasteiger partial charge in [0, 0.05) is 31.2 Å². The van der Waals surface area contributed by atoms with Gasteiger partial charge < -0.3 is 4.74 Å². The van der Waals surface area contributed by atoms with Gasteiger partial charge in [-0.3, -0.25) is 14.6 Å². The van der Waals surface area contributed by atoms with Crippen LogP contribution < -0.4 is 0 Å². The van der Waals surface area contributed by atoms with E-state index in [-0.39, 0.29) is 17.9 Å².